The molecule has 17 heavy (non-hydrogen) atoms. The molecule has 0 fully saturated rings. The van der Waals surface area contributed by atoms with Gasteiger partial charge in [0.05, 0.1) is 17.4 Å². The van der Waals surface area contributed by atoms with Crippen LogP contribution in [-0.2, 0) is 10.0 Å². The summed E-state index contributed by atoms with van der Waals surface area (Å²) in [6, 6.07) is 3.08. The van der Waals surface area contributed by atoms with E-state index in [-0.39, 0.29) is 11.3 Å². The maximum Gasteiger partial charge on any atom is 0.270 e. The second kappa shape index (κ2) is 4.78. The first kappa shape index (κ1) is 12.9. The molecular formula is C8H8N3O5S-. The fourth-order valence-corrected chi connectivity index (χ4v) is 1.19. The van der Waals surface area contributed by atoms with Crippen LogP contribution in [0.3, 0.4) is 0 Å². The van der Waals surface area contributed by atoms with Gasteiger partial charge in [0.2, 0.25) is 10.0 Å². The molecule has 0 radical (unpaired) electrons. The van der Waals surface area contributed by atoms with Crippen molar-refractivity contribution >= 4 is 21.9 Å². The molecule has 9 heteroatoms. The molecule has 0 amide bonds. The smallest absolute Gasteiger partial charge is 0.270 e. The van der Waals surface area contributed by atoms with Crippen molar-refractivity contribution in [3.8, 4) is 5.75 Å². The molecule has 1 N–H and O–H groups in total. The average Bonchev–Trinajstić information content (AvgIpc) is 2.18. The first-order valence-electron chi connectivity index (χ1n) is 4.25. The van der Waals surface area contributed by atoms with Gasteiger partial charge in [-0.05, 0) is 5.56 Å². The van der Waals surface area contributed by atoms with Gasteiger partial charge in [-0.25, -0.2) is 13.2 Å². The van der Waals surface area contributed by atoms with E-state index in [1.807, 2.05) is 0 Å². The standard InChI is InChI=1S/C8H9N3O5S/c1-17(15,16)10-9-5-6-4-7(11(13)14)2-3-8(6)12/h2-5,10,12H,1H3/p-1/b9-5-. The minimum atomic E-state index is -3.52. The summed E-state index contributed by atoms with van der Waals surface area (Å²) in [6.07, 6.45) is 1.80. The summed E-state index contributed by atoms with van der Waals surface area (Å²) < 4.78 is 21.3. The van der Waals surface area contributed by atoms with Crippen LogP contribution in [0.15, 0.2) is 23.3 Å². The third-order valence-electron chi connectivity index (χ3n) is 1.63. The van der Waals surface area contributed by atoms with Crippen LogP contribution in [0.4, 0.5) is 5.69 Å². The molecule has 0 aliphatic heterocycles. The summed E-state index contributed by atoms with van der Waals surface area (Å²) in [6.45, 7) is 0. The number of sulfonamides is 1. The molecule has 0 saturated heterocycles. The summed E-state index contributed by atoms with van der Waals surface area (Å²) in [5.74, 6) is -0.491. The number of hydrogen-bond acceptors (Lipinski definition) is 6. The maximum atomic E-state index is 11.3. The second-order valence-electron chi connectivity index (χ2n) is 3.10. The zero-order valence-electron chi connectivity index (χ0n) is 8.65. The molecule has 0 spiro atoms. The van der Waals surface area contributed by atoms with E-state index in [0.717, 1.165) is 30.7 Å². The van der Waals surface area contributed by atoms with Crippen molar-refractivity contribution in [1.29, 1.82) is 0 Å². The fourth-order valence-electron chi connectivity index (χ4n) is 0.942. The quantitative estimate of drug-likeness (QED) is 0.445. The van der Waals surface area contributed by atoms with E-state index in [0.29, 0.717) is 0 Å². The third kappa shape index (κ3) is 4.07. The minimum Gasteiger partial charge on any atom is -0.872 e. The van der Waals surface area contributed by atoms with E-state index >= 15 is 0 Å². The highest BCUT2D eigenvalue weighted by molar-refractivity contribution is 7.88. The zero-order valence-corrected chi connectivity index (χ0v) is 9.47. The zero-order chi connectivity index (χ0) is 13.1. The van der Waals surface area contributed by atoms with Crippen molar-refractivity contribution in [2.75, 3.05) is 6.26 Å². The van der Waals surface area contributed by atoms with Gasteiger partial charge in [-0.2, -0.15) is 5.10 Å². The predicted molar refractivity (Wildman–Crippen MR) is 58.1 cm³/mol. The molecule has 0 unspecified atom stereocenters. The molecule has 0 aliphatic rings. The molecule has 92 valence electrons. The lowest BCUT2D eigenvalue weighted by Gasteiger charge is -2.08. The Morgan fingerprint density at radius 3 is 2.65 bits per heavy atom. The predicted octanol–water partition coefficient (Wildman–Crippen LogP) is -0.449. The molecule has 0 saturated carbocycles. The fraction of sp³-hybridized carbons (Fsp3) is 0.125. The van der Waals surface area contributed by atoms with E-state index < -0.39 is 20.7 Å². The van der Waals surface area contributed by atoms with Crippen LogP contribution in [0.5, 0.6) is 5.75 Å². The molecule has 1 aromatic carbocycles. The van der Waals surface area contributed by atoms with Crippen LogP contribution in [0, 0.1) is 10.1 Å². The van der Waals surface area contributed by atoms with Gasteiger partial charge in [-0.3, -0.25) is 10.1 Å². The van der Waals surface area contributed by atoms with Crippen molar-refractivity contribution in [2.45, 2.75) is 0 Å². The van der Waals surface area contributed by atoms with Gasteiger partial charge in [-0.1, -0.05) is 11.8 Å². The molecule has 0 bridgehead atoms. The van der Waals surface area contributed by atoms with Crippen molar-refractivity contribution in [3.63, 3.8) is 0 Å². The Hall–Kier alpha value is -2.16. The number of non-ortho nitro benzene ring substituents is 1. The molecule has 0 atom stereocenters. The summed E-state index contributed by atoms with van der Waals surface area (Å²) in [5, 5.41) is 25.0. The first-order chi connectivity index (χ1) is 7.79. The summed E-state index contributed by atoms with van der Waals surface area (Å²) >= 11 is 0. The molecule has 0 aromatic heterocycles. The number of rotatable bonds is 4. The molecular weight excluding hydrogens is 250 g/mol. The highest BCUT2D eigenvalue weighted by Crippen LogP contribution is 2.18. The number of nitro groups is 1. The van der Waals surface area contributed by atoms with Crippen LogP contribution in [-0.4, -0.2) is 25.8 Å². The van der Waals surface area contributed by atoms with Crippen molar-refractivity contribution in [1.82, 2.24) is 4.83 Å². The van der Waals surface area contributed by atoms with Crippen LogP contribution < -0.4 is 9.94 Å². The normalized spacial score (nSPS) is 11.6. The van der Waals surface area contributed by atoms with Crippen LogP contribution in [0.25, 0.3) is 0 Å². The van der Waals surface area contributed by atoms with Crippen molar-refractivity contribution < 1.29 is 18.4 Å². The Kier molecular flexibility index (Phi) is 3.63. The Morgan fingerprint density at radius 2 is 2.12 bits per heavy atom. The van der Waals surface area contributed by atoms with E-state index in [1.165, 1.54) is 0 Å². The number of nitrogens with zero attached hydrogens (tertiary/aromatic N) is 2. The lowest BCUT2D eigenvalue weighted by molar-refractivity contribution is -0.385. The summed E-state index contributed by atoms with van der Waals surface area (Å²) in [7, 11) is -3.52. The van der Waals surface area contributed by atoms with E-state index in [1.54, 1.807) is 4.83 Å². The molecule has 8 nitrogen and oxygen atoms in total. The highest BCUT2D eigenvalue weighted by Gasteiger charge is 2.05. The second-order valence-corrected chi connectivity index (χ2v) is 4.83. The van der Waals surface area contributed by atoms with Crippen LogP contribution in [0.2, 0.25) is 0 Å². The molecule has 1 aromatic rings. The average molecular weight is 258 g/mol. The number of hydrazone groups is 1. The largest absolute Gasteiger partial charge is 0.872 e. The number of hydrogen-bond donors (Lipinski definition) is 1. The van der Waals surface area contributed by atoms with Gasteiger partial charge in [-0.15, -0.1) is 0 Å². The third-order valence-corrected chi connectivity index (χ3v) is 2.06. The Morgan fingerprint density at radius 1 is 1.47 bits per heavy atom. The Bertz CT molecular complexity index is 567. The lowest BCUT2D eigenvalue weighted by atomic mass is 10.2. The summed E-state index contributed by atoms with van der Waals surface area (Å²) in [5.41, 5.74) is -0.347. The molecule has 0 heterocycles. The molecule has 0 aliphatic carbocycles. The molecule has 1 rings (SSSR count). The van der Waals surface area contributed by atoms with Gasteiger partial charge < -0.3 is 5.11 Å². The van der Waals surface area contributed by atoms with E-state index in [2.05, 4.69) is 5.10 Å². The Balaban J connectivity index is 2.98. The van der Waals surface area contributed by atoms with E-state index in [9.17, 15) is 23.6 Å². The van der Waals surface area contributed by atoms with Crippen molar-refractivity contribution in [3.05, 3.63) is 33.9 Å². The maximum absolute atomic E-state index is 11.3. The SMILES string of the molecule is CS(=O)(=O)N/N=C\c1cc([N+](=O)[O-])ccc1[O-]. The van der Waals surface area contributed by atoms with Crippen LogP contribution in [0.1, 0.15) is 5.56 Å². The van der Waals surface area contributed by atoms with Gasteiger partial charge in [0.1, 0.15) is 0 Å². The van der Waals surface area contributed by atoms with Crippen molar-refractivity contribution in [2.24, 2.45) is 5.10 Å². The number of benzene rings is 1. The number of nitro benzene ring substituents is 1. The lowest BCUT2D eigenvalue weighted by Crippen LogP contribution is -2.15. The Labute approximate surface area is 96.8 Å². The number of nitrogens with one attached hydrogen (secondary N) is 1. The van der Waals surface area contributed by atoms with Crippen LogP contribution >= 0.6 is 0 Å². The summed E-state index contributed by atoms with van der Waals surface area (Å²) in [4.78, 5) is 11.6. The van der Waals surface area contributed by atoms with E-state index in [4.69, 9.17) is 0 Å². The first-order valence-corrected chi connectivity index (χ1v) is 6.14. The van der Waals surface area contributed by atoms with Gasteiger partial charge in [0, 0.05) is 12.1 Å². The highest BCUT2D eigenvalue weighted by atomic mass is 32.2. The van der Waals surface area contributed by atoms with Gasteiger partial charge in [0.15, 0.2) is 0 Å². The minimum absolute atomic E-state index is 0.0737. The monoisotopic (exact) mass is 258 g/mol. The topological polar surface area (TPSA) is 125 Å². The van der Waals surface area contributed by atoms with Gasteiger partial charge in [0.25, 0.3) is 5.69 Å². The van der Waals surface area contributed by atoms with Gasteiger partial charge >= 0.3 is 0 Å².